The van der Waals surface area contributed by atoms with Crippen molar-refractivity contribution < 1.29 is 19.5 Å². The lowest BCUT2D eigenvalue weighted by atomic mass is 10.0. The van der Waals surface area contributed by atoms with Crippen LogP contribution in [0.1, 0.15) is 32.1 Å². The smallest absolute Gasteiger partial charge is 0.320 e. The number of piperidine rings is 1. The maximum Gasteiger partial charge on any atom is 0.320 e. The van der Waals surface area contributed by atoms with Gasteiger partial charge >= 0.3 is 5.97 Å². The van der Waals surface area contributed by atoms with E-state index in [4.69, 9.17) is 0 Å². The number of carboxylic acid groups (broad SMARTS) is 1. The van der Waals surface area contributed by atoms with E-state index in [1.54, 1.807) is 9.80 Å². The number of hydrogen-bond donors (Lipinski definition) is 1. The average molecular weight is 360 g/mol. The molecule has 2 heterocycles. The van der Waals surface area contributed by atoms with E-state index < -0.39 is 12.0 Å². The summed E-state index contributed by atoms with van der Waals surface area (Å²) in [5.41, 5.74) is 0. The largest absolute Gasteiger partial charge is 0.480 e. The summed E-state index contributed by atoms with van der Waals surface area (Å²) in [5.74, 6) is -0.394. The molecule has 136 valence electrons. The Hall–Kier alpha value is -1.34. The number of hydrogen-bond acceptors (Lipinski definition) is 4. The van der Waals surface area contributed by atoms with Crippen LogP contribution in [0.25, 0.3) is 0 Å². The van der Waals surface area contributed by atoms with Crippen molar-refractivity contribution in [1.29, 1.82) is 0 Å². The highest BCUT2D eigenvalue weighted by Gasteiger charge is 2.36. The van der Waals surface area contributed by atoms with Crippen molar-refractivity contribution in [2.24, 2.45) is 5.92 Å². The molecule has 1 N–H and O–H groups in total. The Morgan fingerprint density at radius 1 is 0.875 bits per heavy atom. The molecule has 0 bridgehead atoms. The van der Waals surface area contributed by atoms with Crippen LogP contribution >= 0.6 is 12.4 Å². The van der Waals surface area contributed by atoms with E-state index in [1.165, 1.54) is 0 Å². The van der Waals surface area contributed by atoms with Crippen molar-refractivity contribution in [1.82, 2.24) is 14.7 Å². The number of carbonyl (C=O) groups is 3. The van der Waals surface area contributed by atoms with Crippen molar-refractivity contribution in [2.45, 2.75) is 38.1 Å². The van der Waals surface area contributed by atoms with Gasteiger partial charge in [0.05, 0.1) is 6.54 Å². The molecule has 1 unspecified atom stereocenters. The van der Waals surface area contributed by atoms with Gasteiger partial charge in [-0.2, -0.15) is 0 Å². The molecule has 3 fully saturated rings. The zero-order valence-electron chi connectivity index (χ0n) is 13.9. The summed E-state index contributed by atoms with van der Waals surface area (Å²) >= 11 is 0. The highest BCUT2D eigenvalue weighted by Crippen LogP contribution is 2.31. The molecule has 7 nitrogen and oxygen atoms in total. The fraction of sp³-hybridized carbons (Fsp3) is 0.812. The summed E-state index contributed by atoms with van der Waals surface area (Å²) in [5, 5.41) is 9.27. The molecule has 24 heavy (non-hydrogen) atoms. The summed E-state index contributed by atoms with van der Waals surface area (Å²) in [7, 11) is 0. The third-order valence-electron chi connectivity index (χ3n) is 5.11. The fourth-order valence-corrected chi connectivity index (χ4v) is 3.50. The summed E-state index contributed by atoms with van der Waals surface area (Å²) in [6, 6.07) is -0.537. The Morgan fingerprint density at radius 3 is 2.08 bits per heavy atom. The number of carbonyl (C=O) groups excluding carboxylic acids is 2. The molecule has 0 aromatic heterocycles. The van der Waals surface area contributed by atoms with Gasteiger partial charge in [-0.3, -0.25) is 19.3 Å². The van der Waals surface area contributed by atoms with Crippen molar-refractivity contribution >= 4 is 30.2 Å². The molecule has 0 aromatic rings. The van der Waals surface area contributed by atoms with Gasteiger partial charge in [0.2, 0.25) is 11.8 Å². The van der Waals surface area contributed by atoms with Gasteiger partial charge in [0.1, 0.15) is 6.04 Å². The van der Waals surface area contributed by atoms with Crippen LogP contribution in [0, 0.1) is 5.92 Å². The van der Waals surface area contributed by atoms with E-state index in [0.29, 0.717) is 39.1 Å². The van der Waals surface area contributed by atoms with Gasteiger partial charge in [-0.1, -0.05) is 6.42 Å². The van der Waals surface area contributed by atoms with Crippen LogP contribution in [-0.2, 0) is 14.4 Å². The molecule has 8 heteroatoms. The second-order valence-corrected chi connectivity index (χ2v) is 6.80. The lowest BCUT2D eigenvalue weighted by molar-refractivity contribution is -0.147. The SMILES string of the molecule is Cl.O=C(O)C1CCCCN1CC(=O)N1CCN(C(=O)C2CC2)CC1. The van der Waals surface area contributed by atoms with E-state index in [2.05, 4.69) is 0 Å². The van der Waals surface area contributed by atoms with Gasteiger partial charge in [0, 0.05) is 32.1 Å². The predicted octanol–water partition coefficient (Wildman–Crippen LogP) is 0.428. The lowest BCUT2D eigenvalue weighted by Gasteiger charge is -2.37. The molecule has 2 aliphatic heterocycles. The molecule has 0 spiro atoms. The Kier molecular flexibility index (Phi) is 6.46. The van der Waals surface area contributed by atoms with Crippen LogP contribution < -0.4 is 0 Å². The Bertz CT molecular complexity index is 490. The van der Waals surface area contributed by atoms with E-state index in [0.717, 1.165) is 25.7 Å². The van der Waals surface area contributed by atoms with Gasteiger partial charge in [-0.25, -0.2) is 0 Å². The minimum atomic E-state index is -0.836. The first-order valence-electron chi connectivity index (χ1n) is 8.59. The molecule has 3 rings (SSSR count). The van der Waals surface area contributed by atoms with Gasteiger partial charge in [-0.15, -0.1) is 12.4 Å². The zero-order valence-corrected chi connectivity index (χ0v) is 14.7. The first-order valence-corrected chi connectivity index (χ1v) is 8.59. The minimum Gasteiger partial charge on any atom is -0.480 e. The minimum absolute atomic E-state index is 0. The molecular weight excluding hydrogens is 334 g/mol. The Balaban J connectivity index is 0.00000208. The standard InChI is InChI=1S/C16H25N3O4.ClH/c20-14(11-19-6-2-1-3-13(19)16(22)23)17-7-9-18(10-8-17)15(21)12-4-5-12;/h12-13H,1-11H2,(H,22,23);1H. The topological polar surface area (TPSA) is 81.2 Å². The number of aliphatic carboxylic acids is 1. The van der Waals surface area contributed by atoms with E-state index in [1.807, 2.05) is 4.90 Å². The number of likely N-dealkylation sites (tertiary alicyclic amines) is 1. The number of carboxylic acids is 1. The van der Waals surface area contributed by atoms with Gasteiger partial charge in [0.25, 0.3) is 0 Å². The zero-order chi connectivity index (χ0) is 16.4. The number of piperazine rings is 1. The maximum atomic E-state index is 12.4. The van der Waals surface area contributed by atoms with E-state index in [-0.39, 0.29) is 36.7 Å². The summed E-state index contributed by atoms with van der Waals surface area (Å²) in [6.07, 6.45) is 4.48. The molecule has 1 aliphatic carbocycles. The Morgan fingerprint density at radius 2 is 1.50 bits per heavy atom. The van der Waals surface area contributed by atoms with Crippen LogP contribution in [-0.4, -0.2) is 82.9 Å². The number of nitrogens with zero attached hydrogens (tertiary/aromatic N) is 3. The first kappa shape index (κ1) is 19.0. The maximum absolute atomic E-state index is 12.4. The molecule has 2 amide bonds. The summed E-state index contributed by atoms with van der Waals surface area (Å²) < 4.78 is 0. The molecule has 0 radical (unpaired) electrons. The van der Waals surface area contributed by atoms with Crippen molar-refractivity contribution in [2.75, 3.05) is 39.3 Å². The van der Waals surface area contributed by atoms with Crippen molar-refractivity contribution in [3.05, 3.63) is 0 Å². The highest BCUT2D eigenvalue weighted by molar-refractivity contribution is 5.85. The fourth-order valence-electron chi connectivity index (χ4n) is 3.50. The normalized spacial score (nSPS) is 25.1. The van der Waals surface area contributed by atoms with Crippen molar-refractivity contribution in [3.8, 4) is 0 Å². The third-order valence-corrected chi connectivity index (χ3v) is 5.11. The third kappa shape index (κ3) is 4.39. The van der Waals surface area contributed by atoms with Crippen molar-refractivity contribution in [3.63, 3.8) is 0 Å². The van der Waals surface area contributed by atoms with Crippen LogP contribution in [0.3, 0.4) is 0 Å². The number of rotatable bonds is 4. The Labute approximate surface area is 148 Å². The molecule has 0 aromatic carbocycles. The van der Waals surface area contributed by atoms with Gasteiger partial charge < -0.3 is 14.9 Å². The molecular formula is C16H26ClN3O4. The first-order chi connectivity index (χ1) is 11.1. The van der Waals surface area contributed by atoms with Crippen LogP contribution in [0.15, 0.2) is 0 Å². The van der Waals surface area contributed by atoms with Gasteiger partial charge in [0.15, 0.2) is 0 Å². The quantitative estimate of drug-likeness (QED) is 0.787. The van der Waals surface area contributed by atoms with E-state index >= 15 is 0 Å². The van der Waals surface area contributed by atoms with Gasteiger partial charge in [-0.05, 0) is 32.2 Å². The van der Waals surface area contributed by atoms with Crippen LogP contribution in [0.5, 0.6) is 0 Å². The second-order valence-electron chi connectivity index (χ2n) is 6.80. The molecule has 2 saturated heterocycles. The monoisotopic (exact) mass is 359 g/mol. The summed E-state index contributed by atoms with van der Waals surface area (Å²) in [6.45, 7) is 3.16. The van der Waals surface area contributed by atoms with E-state index in [9.17, 15) is 19.5 Å². The lowest BCUT2D eigenvalue weighted by Crippen LogP contribution is -2.55. The molecule has 3 aliphatic rings. The highest BCUT2D eigenvalue weighted by atomic mass is 35.5. The number of amides is 2. The number of halogens is 1. The second kappa shape index (κ2) is 8.16. The molecule has 1 atom stereocenters. The van der Waals surface area contributed by atoms with Crippen LogP contribution in [0.4, 0.5) is 0 Å². The predicted molar refractivity (Wildman–Crippen MR) is 90.0 cm³/mol. The average Bonchev–Trinajstić information content (AvgIpc) is 3.39. The van der Waals surface area contributed by atoms with Crippen LogP contribution in [0.2, 0.25) is 0 Å². The summed E-state index contributed by atoms with van der Waals surface area (Å²) in [4.78, 5) is 41.2. The molecule has 1 saturated carbocycles.